The number of esters is 1. The molecule has 6 atom stereocenters. The Labute approximate surface area is 260 Å². The average Bonchev–Trinajstić information content (AvgIpc) is 2.89. The molecule has 0 saturated heterocycles. The van der Waals surface area contributed by atoms with Gasteiger partial charge in [0.05, 0.1) is 41.0 Å². The van der Waals surface area contributed by atoms with Crippen molar-refractivity contribution in [2.24, 2.45) is 28.9 Å². The van der Waals surface area contributed by atoms with Crippen molar-refractivity contribution < 1.29 is 49.4 Å². The summed E-state index contributed by atoms with van der Waals surface area (Å²) in [5, 5.41) is 61.3. The molecule has 0 radical (unpaired) electrons. The van der Waals surface area contributed by atoms with E-state index >= 15 is 0 Å². The molecule has 244 valence electrons. The monoisotopic (exact) mass is 627 g/mol. The number of primary amides is 1. The number of Topliss-reactive ketones (excluding diaryl/α,β-unsaturated/α-hetero) is 2. The Morgan fingerprint density at radius 3 is 2.31 bits per heavy atom. The molecule has 0 aromatic heterocycles. The second-order valence-electron chi connectivity index (χ2n) is 13.9. The van der Waals surface area contributed by atoms with Crippen LogP contribution in [0.1, 0.15) is 67.6 Å². The zero-order valence-corrected chi connectivity index (χ0v) is 26.0. The number of rotatable bonds is 7. The molecule has 0 heterocycles. The quantitative estimate of drug-likeness (QED) is 0.167. The van der Waals surface area contributed by atoms with Crippen LogP contribution in [0.2, 0.25) is 0 Å². The summed E-state index contributed by atoms with van der Waals surface area (Å²) in [5.41, 5.74) is 0.616. The normalized spacial score (nSPS) is 30.1. The summed E-state index contributed by atoms with van der Waals surface area (Å²) >= 11 is 0. The van der Waals surface area contributed by atoms with Crippen molar-refractivity contribution >= 4 is 23.4 Å². The van der Waals surface area contributed by atoms with Gasteiger partial charge in [0.1, 0.15) is 28.9 Å². The molecule has 0 unspecified atom stereocenters. The smallest absolute Gasteiger partial charge is 0.309 e. The number of carbonyl (C=O) groups excluding carboxylic acids is 4. The maximum atomic E-state index is 14.2. The van der Waals surface area contributed by atoms with E-state index in [1.165, 1.54) is 25.1 Å². The van der Waals surface area contributed by atoms with Gasteiger partial charge < -0.3 is 41.3 Å². The maximum Gasteiger partial charge on any atom is 0.309 e. The van der Waals surface area contributed by atoms with Crippen molar-refractivity contribution in [2.75, 3.05) is 20.6 Å². The lowest BCUT2D eigenvalue weighted by Crippen LogP contribution is -2.69. The number of carbonyl (C=O) groups is 4. The standard InChI is InChI=1S/C32H41N3O10/c1-31(2,3)12-34-11-14-9-10-15-16(22(14)36)24(38)18-17(23(15)37)26(45-30(43)13-7-6-8-13)20-21(35(4)5)25(39)19(29(33)42)28(41)32(20,44)27(18)40/h9-10,13,17,20-21,23,26,34,36-37,39-40,44H,6-8,11-12H2,1-5H3,(H2,33,42)/t17-,20+,21-,23-,26-,32-/m0/s1. The molecule has 1 saturated carbocycles. The number of nitrogens with zero attached hydrogens (tertiary/aromatic N) is 1. The van der Waals surface area contributed by atoms with Crippen LogP contribution in [0.25, 0.3) is 0 Å². The van der Waals surface area contributed by atoms with Crippen LogP contribution in [0.3, 0.4) is 0 Å². The van der Waals surface area contributed by atoms with Crippen LogP contribution in [0.4, 0.5) is 0 Å². The lowest BCUT2D eigenvalue weighted by atomic mass is 9.56. The third-order valence-electron chi connectivity index (χ3n) is 9.48. The number of aromatic hydroxyl groups is 1. The Morgan fingerprint density at radius 1 is 1.13 bits per heavy atom. The van der Waals surface area contributed by atoms with E-state index in [2.05, 4.69) is 5.32 Å². The number of hydrogen-bond acceptors (Lipinski definition) is 12. The van der Waals surface area contributed by atoms with Gasteiger partial charge in [-0.15, -0.1) is 0 Å². The number of benzene rings is 1. The van der Waals surface area contributed by atoms with Gasteiger partial charge in [0, 0.05) is 18.7 Å². The minimum Gasteiger partial charge on any atom is -0.510 e. The Hall–Kier alpha value is -3.78. The van der Waals surface area contributed by atoms with E-state index in [0.29, 0.717) is 24.9 Å². The van der Waals surface area contributed by atoms with Crippen LogP contribution in [0.15, 0.2) is 34.8 Å². The van der Waals surface area contributed by atoms with Crippen LogP contribution in [-0.4, -0.2) is 92.3 Å². The molecule has 13 heteroatoms. The number of aliphatic hydroxyl groups is 4. The number of aliphatic hydroxyl groups excluding tert-OH is 3. The number of likely N-dealkylation sites (N-methyl/N-ethyl adjacent to an activating group) is 1. The number of fused-ring (bicyclic) bond motifs is 3. The van der Waals surface area contributed by atoms with Gasteiger partial charge >= 0.3 is 5.97 Å². The number of ether oxygens (including phenoxy) is 1. The molecule has 45 heavy (non-hydrogen) atoms. The van der Waals surface area contributed by atoms with E-state index in [9.17, 15) is 44.7 Å². The molecule has 4 aliphatic carbocycles. The second-order valence-corrected chi connectivity index (χ2v) is 13.9. The summed E-state index contributed by atoms with van der Waals surface area (Å²) in [6.45, 7) is 6.79. The van der Waals surface area contributed by atoms with Gasteiger partial charge in [-0.3, -0.25) is 24.1 Å². The SMILES string of the molecule is CN(C)[C@@H]1C(O)=C(C(N)=O)C(=O)[C@@]2(O)C(O)=C3C(=O)c4c(ccc(CNCC(C)(C)C)c4O)[C@H](O)[C@H]3[C@H](OC(=O)C3CCC3)[C@@H]12. The first-order valence-electron chi connectivity index (χ1n) is 15.0. The highest BCUT2D eigenvalue weighted by molar-refractivity contribution is 6.25. The fourth-order valence-corrected chi connectivity index (χ4v) is 7.04. The number of phenolic OH excluding ortho intramolecular Hbond substituents is 1. The number of nitrogens with two attached hydrogens (primary N) is 1. The summed E-state index contributed by atoms with van der Waals surface area (Å²) in [4.78, 5) is 55.1. The molecule has 0 bridgehead atoms. The molecule has 1 amide bonds. The first kappa shape index (κ1) is 32.6. The van der Waals surface area contributed by atoms with Crippen LogP contribution in [0, 0.1) is 23.2 Å². The predicted octanol–water partition coefficient (Wildman–Crippen LogP) is 1.07. The molecule has 1 fully saturated rings. The van der Waals surface area contributed by atoms with E-state index in [1.807, 2.05) is 20.8 Å². The van der Waals surface area contributed by atoms with Crippen molar-refractivity contribution in [3.05, 3.63) is 51.5 Å². The summed E-state index contributed by atoms with van der Waals surface area (Å²) in [5.74, 6) is -10.7. The molecule has 1 aromatic carbocycles. The second kappa shape index (κ2) is 11.2. The fraction of sp³-hybridized carbons (Fsp3) is 0.562. The minimum absolute atomic E-state index is 0.00474. The first-order chi connectivity index (χ1) is 20.9. The Morgan fingerprint density at radius 2 is 1.78 bits per heavy atom. The molecule has 8 N–H and O–H groups in total. The number of amides is 1. The third kappa shape index (κ3) is 5.02. The molecule has 13 nitrogen and oxygen atoms in total. The molecule has 4 aliphatic rings. The highest BCUT2D eigenvalue weighted by Crippen LogP contribution is 2.56. The zero-order chi connectivity index (χ0) is 33.3. The first-order valence-corrected chi connectivity index (χ1v) is 15.0. The molecular weight excluding hydrogens is 586 g/mol. The highest BCUT2D eigenvalue weighted by atomic mass is 16.5. The zero-order valence-electron chi connectivity index (χ0n) is 26.0. The summed E-state index contributed by atoms with van der Waals surface area (Å²) in [6.07, 6.45) is -1.49. The van der Waals surface area contributed by atoms with Crippen LogP contribution >= 0.6 is 0 Å². The van der Waals surface area contributed by atoms with Gasteiger partial charge in [-0.05, 0) is 37.9 Å². The number of nitrogens with one attached hydrogen (secondary N) is 1. The molecule has 5 rings (SSSR count). The van der Waals surface area contributed by atoms with E-state index in [-0.39, 0.29) is 23.1 Å². The Balaban J connectivity index is 1.72. The third-order valence-corrected chi connectivity index (χ3v) is 9.48. The summed E-state index contributed by atoms with van der Waals surface area (Å²) < 4.78 is 5.94. The van der Waals surface area contributed by atoms with E-state index < -0.39 is 93.5 Å². The van der Waals surface area contributed by atoms with Crippen molar-refractivity contribution in [1.82, 2.24) is 10.2 Å². The predicted molar refractivity (Wildman–Crippen MR) is 159 cm³/mol. The van der Waals surface area contributed by atoms with Gasteiger partial charge in [-0.2, -0.15) is 0 Å². The fourth-order valence-electron chi connectivity index (χ4n) is 7.04. The van der Waals surface area contributed by atoms with Crippen molar-refractivity contribution in [3.8, 4) is 5.75 Å². The number of phenols is 1. The molecule has 0 aliphatic heterocycles. The Kier molecular flexibility index (Phi) is 8.14. The lowest BCUT2D eigenvalue weighted by Gasteiger charge is -2.54. The largest absolute Gasteiger partial charge is 0.510 e. The molecule has 1 aromatic rings. The maximum absolute atomic E-state index is 14.2. The van der Waals surface area contributed by atoms with E-state index in [1.54, 1.807) is 6.07 Å². The van der Waals surface area contributed by atoms with Crippen molar-refractivity contribution in [2.45, 2.75) is 70.4 Å². The average molecular weight is 628 g/mol. The van der Waals surface area contributed by atoms with Gasteiger partial charge in [-0.1, -0.05) is 39.3 Å². The van der Waals surface area contributed by atoms with Gasteiger partial charge in [0.2, 0.25) is 5.78 Å². The lowest BCUT2D eigenvalue weighted by molar-refractivity contribution is -0.189. The highest BCUT2D eigenvalue weighted by Gasteiger charge is 2.69. The Bertz CT molecular complexity index is 1540. The van der Waals surface area contributed by atoms with Crippen LogP contribution < -0.4 is 11.1 Å². The van der Waals surface area contributed by atoms with E-state index in [0.717, 1.165) is 6.42 Å². The van der Waals surface area contributed by atoms with Crippen LogP contribution in [-0.2, 0) is 25.7 Å². The van der Waals surface area contributed by atoms with Gasteiger partial charge in [0.15, 0.2) is 11.4 Å². The number of ketones is 2. The summed E-state index contributed by atoms with van der Waals surface area (Å²) in [6, 6.07) is 1.58. The number of hydrogen-bond donors (Lipinski definition) is 7. The minimum atomic E-state index is -3.07. The van der Waals surface area contributed by atoms with Crippen molar-refractivity contribution in [3.63, 3.8) is 0 Å². The topological polar surface area (TPSA) is 220 Å². The van der Waals surface area contributed by atoms with Crippen LogP contribution in [0.5, 0.6) is 5.75 Å². The molecule has 0 spiro atoms. The summed E-state index contributed by atoms with van der Waals surface area (Å²) in [7, 11) is 2.92. The molecular formula is C32H41N3O10. The van der Waals surface area contributed by atoms with Gasteiger partial charge in [0.25, 0.3) is 5.91 Å². The van der Waals surface area contributed by atoms with E-state index in [4.69, 9.17) is 10.5 Å². The van der Waals surface area contributed by atoms with Crippen molar-refractivity contribution in [1.29, 1.82) is 0 Å². The van der Waals surface area contributed by atoms with Gasteiger partial charge in [-0.25, -0.2) is 0 Å².